The van der Waals surface area contributed by atoms with Gasteiger partial charge in [-0.15, -0.1) is 0 Å². The highest BCUT2D eigenvalue weighted by Gasteiger charge is 2.47. The fourth-order valence-corrected chi connectivity index (χ4v) is 5.05. The van der Waals surface area contributed by atoms with Gasteiger partial charge in [-0.2, -0.15) is 0 Å². The molecule has 3 aliphatic rings. The van der Waals surface area contributed by atoms with Crippen molar-refractivity contribution in [1.29, 1.82) is 0 Å². The highest BCUT2D eigenvalue weighted by Crippen LogP contribution is 2.51. The highest BCUT2D eigenvalue weighted by atomic mass is 19.1. The molecule has 1 aromatic heterocycles. The van der Waals surface area contributed by atoms with E-state index in [9.17, 15) is 9.18 Å². The Morgan fingerprint density at radius 2 is 2.12 bits per heavy atom. The molecule has 1 saturated carbocycles. The molecular weight excluding hydrogens is 331 g/mol. The summed E-state index contributed by atoms with van der Waals surface area (Å²) in [7, 11) is 0. The Kier molecular flexibility index (Phi) is 3.47. The molecule has 136 valence electrons. The zero-order valence-corrected chi connectivity index (χ0v) is 14.7. The average Bonchev–Trinajstić information content (AvgIpc) is 3.33. The van der Waals surface area contributed by atoms with Gasteiger partial charge in [0.2, 0.25) is 0 Å². The number of hydrogen-bond donors (Lipinski definition) is 1. The van der Waals surface area contributed by atoms with Gasteiger partial charge in [0.1, 0.15) is 17.3 Å². The quantitative estimate of drug-likeness (QED) is 0.856. The van der Waals surface area contributed by atoms with Crippen LogP contribution in [-0.2, 0) is 18.4 Å². The second kappa shape index (κ2) is 5.64. The number of fused-ring (bicyclic) bond motifs is 3. The van der Waals surface area contributed by atoms with Crippen LogP contribution >= 0.6 is 0 Å². The minimum absolute atomic E-state index is 0.0885. The minimum atomic E-state index is -0.314. The van der Waals surface area contributed by atoms with E-state index in [1.165, 1.54) is 6.07 Å². The number of amides is 1. The molecule has 1 aliphatic carbocycles. The first-order valence-corrected chi connectivity index (χ1v) is 9.50. The maximum Gasteiger partial charge on any atom is 0.278 e. The van der Waals surface area contributed by atoms with E-state index < -0.39 is 0 Å². The second-order valence-corrected chi connectivity index (χ2v) is 8.01. The summed E-state index contributed by atoms with van der Waals surface area (Å²) in [5, 5.41) is 0. The Morgan fingerprint density at radius 1 is 1.31 bits per heavy atom. The number of halogens is 1. The molecule has 3 heterocycles. The van der Waals surface area contributed by atoms with Gasteiger partial charge >= 0.3 is 0 Å². The number of nitrogens with two attached hydrogens (primary N) is 1. The number of nitrogens with zero attached hydrogens (tertiary/aromatic N) is 3. The second-order valence-electron chi connectivity index (χ2n) is 8.01. The molecule has 1 atom stereocenters. The van der Waals surface area contributed by atoms with Crippen molar-refractivity contribution in [2.24, 2.45) is 5.73 Å². The first-order valence-electron chi connectivity index (χ1n) is 9.50. The minimum Gasteiger partial charge on any atom is -0.333 e. The number of carbonyl (C=O) groups is 1. The monoisotopic (exact) mass is 354 g/mol. The standard InChI is InChI=1S/C20H23FN4O/c21-15-5-3-4-14-18(15)25(12-20(14)8-1-2-9-20)19(26)16-11-24-10-13(22)6-7-17(24)23-16/h3-5,11,13H,1-2,6-10,12,22H2. The van der Waals surface area contributed by atoms with Gasteiger partial charge in [0.05, 0.1) is 5.69 Å². The van der Waals surface area contributed by atoms with Crippen molar-refractivity contribution in [1.82, 2.24) is 9.55 Å². The van der Waals surface area contributed by atoms with E-state index in [2.05, 4.69) is 4.98 Å². The highest BCUT2D eigenvalue weighted by molar-refractivity contribution is 6.06. The van der Waals surface area contributed by atoms with Gasteiger partial charge in [-0.25, -0.2) is 9.37 Å². The van der Waals surface area contributed by atoms with Gasteiger partial charge in [0, 0.05) is 37.2 Å². The molecular formula is C20H23FN4O. The normalized spacial score (nSPS) is 23.3. The first kappa shape index (κ1) is 16.0. The molecule has 1 aromatic carbocycles. The fourth-order valence-electron chi connectivity index (χ4n) is 5.05. The first-order chi connectivity index (χ1) is 12.6. The maximum atomic E-state index is 14.7. The Morgan fingerprint density at radius 3 is 2.92 bits per heavy atom. The van der Waals surface area contributed by atoms with Crippen LogP contribution in [0.15, 0.2) is 24.4 Å². The number of hydrogen-bond acceptors (Lipinski definition) is 3. The van der Waals surface area contributed by atoms with Crippen LogP contribution in [0.2, 0.25) is 0 Å². The topological polar surface area (TPSA) is 64.2 Å². The van der Waals surface area contributed by atoms with E-state index in [1.54, 1.807) is 17.2 Å². The molecule has 1 spiro atoms. The molecule has 6 heteroatoms. The van der Waals surface area contributed by atoms with Crippen LogP contribution in [0.25, 0.3) is 0 Å². The third-order valence-corrected chi connectivity index (χ3v) is 6.34. The summed E-state index contributed by atoms with van der Waals surface area (Å²) in [6.07, 6.45) is 7.75. The summed E-state index contributed by atoms with van der Waals surface area (Å²) in [4.78, 5) is 19.4. The number of aryl methyl sites for hydroxylation is 1. The number of rotatable bonds is 1. The van der Waals surface area contributed by atoms with Crippen LogP contribution < -0.4 is 10.6 Å². The van der Waals surface area contributed by atoms with E-state index in [-0.39, 0.29) is 23.2 Å². The van der Waals surface area contributed by atoms with Crippen molar-refractivity contribution in [2.75, 3.05) is 11.4 Å². The van der Waals surface area contributed by atoms with Crippen molar-refractivity contribution in [3.8, 4) is 0 Å². The van der Waals surface area contributed by atoms with Gasteiger partial charge < -0.3 is 15.2 Å². The molecule has 1 unspecified atom stereocenters. The predicted molar refractivity (Wildman–Crippen MR) is 96.7 cm³/mol. The lowest BCUT2D eigenvalue weighted by molar-refractivity contribution is 0.0979. The van der Waals surface area contributed by atoms with Crippen LogP contribution in [0.4, 0.5) is 10.1 Å². The van der Waals surface area contributed by atoms with Crippen molar-refractivity contribution >= 4 is 11.6 Å². The Bertz CT molecular complexity index is 884. The van der Waals surface area contributed by atoms with Crippen LogP contribution in [0, 0.1) is 5.82 Å². The number of para-hydroxylation sites is 1. The SMILES string of the molecule is NC1CCc2nc(C(=O)N3CC4(CCCC4)c4cccc(F)c43)cn2C1. The molecule has 5 nitrogen and oxygen atoms in total. The lowest BCUT2D eigenvalue weighted by atomic mass is 9.81. The van der Waals surface area contributed by atoms with Crippen LogP contribution in [0.1, 0.15) is 54.0 Å². The smallest absolute Gasteiger partial charge is 0.278 e. The van der Waals surface area contributed by atoms with Gasteiger partial charge in [-0.05, 0) is 30.9 Å². The van der Waals surface area contributed by atoms with E-state index in [0.29, 0.717) is 24.5 Å². The summed E-state index contributed by atoms with van der Waals surface area (Å²) in [5.74, 6) is 0.389. The summed E-state index contributed by atoms with van der Waals surface area (Å²) in [6.45, 7) is 1.24. The molecule has 0 radical (unpaired) electrons. The van der Waals surface area contributed by atoms with Crippen molar-refractivity contribution in [2.45, 2.75) is 56.5 Å². The summed E-state index contributed by atoms with van der Waals surface area (Å²) in [5.41, 5.74) is 7.79. The van der Waals surface area contributed by atoms with Gasteiger partial charge in [0.25, 0.3) is 5.91 Å². The number of benzene rings is 1. The van der Waals surface area contributed by atoms with Crippen molar-refractivity contribution in [3.63, 3.8) is 0 Å². The summed E-state index contributed by atoms with van der Waals surface area (Å²) in [6, 6.07) is 5.31. The Labute approximate surface area is 152 Å². The third-order valence-electron chi connectivity index (χ3n) is 6.34. The number of imidazole rings is 1. The van der Waals surface area contributed by atoms with Crippen molar-refractivity contribution in [3.05, 3.63) is 47.3 Å². The molecule has 1 amide bonds. The van der Waals surface area contributed by atoms with Crippen LogP contribution in [-0.4, -0.2) is 28.0 Å². The Balaban J connectivity index is 1.54. The summed E-state index contributed by atoms with van der Waals surface area (Å²) < 4.78 is 16.7. The molecule has 1 fully saturated rings. The third kappa shape index (κ3) is 2.24. The average molecular weight is 354 g/mol. The van der Waals surface area contributed by atoms with Crippen LogP contribution in [0.5, 0.6) is 0 Å². The zero-order valence-electron chi connectivity index (χ0n) is 14.7. The predicted octanol–water partition coefficient (Wildman–Crippen LogP) is 2.77. The van der Waals surface area contributed by atoms with Gasteiger partial charge in [-0.3, -0.25) is 4.79 Å². The number of anilines is 1. The molecule has 2 aliphatic heterocycles. The molecule has 2 N–H and O–H groups in total. The lowest BCUT2D eigenvalue weighted by Gasteiger charge is -2.24. The van der Waals surface area contributed by atoms with E-state index in [1.807, 2.05) is 10.6 Å². The maximum absolute atomic E-state index is 14.7. The van der Waals surface area contributed by atoms with Gasteiger partial charge in [-0.1, -0.05) is 25.0 Å². The lowest BCUT2D eigenvalue weighted by Crippen LogP contribution is -2.36. The van der Waals surface area contributed by atoms with Crippen LogP contribution in [0.3, 0.4) is 0 Å². The Hall–Kier alpha value is -2.21. The molecule has 2 aromatic rings. The van der Waals surface area contributed by atoms with E-state index >= 15 is 0 Å². The molecule has 5 rings (SSSR count). The van der Waals surface area contributed by atoms with Crippen molar-refractivity contribution < 1.29 is 9.18 Å². The molecule has 0 bridgehead atoms. The largest absolute Gasteiger partial charge is 0.333 e. The zero-order chi connectivity index (χ0) is 17.9. The molecule has 0 saturated heterocycles. The van der Waals surface area contributed by atoms with E-state index in [4.69, 9.17) is 5.73 Å². The number of carbonyl (C=O) groups excluding carboxylic acids is 1. The summed E-state index contributed by atoms with van der Waals surface area (Å²) >= 11 is 0. The fraction of sp³-hybridized carbons (Fsp3) is 0.500. The molecule has 26 heavy (non-hydrogen) atoms. The van der Waals surface area contributed by atoms with Gasteiger partial charge in [0.15, 0.2) is 0 Å². The number of aromatic nitrogens is 2. The van der Waals surface area contributed by atoms with E-state index in [0.717, 1.165) is 49.9 Å².